The summed E-state index contributed by atoms with van der Waals surface area (Å²) in [4.78, 5) is 15.0. The van der Waals surface area contributed by atoms with Gasteiger partial charge in [0.15, 0.2) is 0 Å². The van der Waals surface area contributed by atoms with Crippen molar-refractivity contribution in [1.82, 2.24) is 14.8 Å². The van der Waals surface area contributed by atoms with E-state index >= 15 is 4.39 Å². The van der Waals surface area contributed by atoms with Crippen LogP contribution in [-0.4, -0.2) is 60.9 Å². The van der Waals surface area contributed by atoms with Gasteiger partial charge in [0.1, 0.15) is 11.9 Å². The third kappa shape index (κ3) is 5.00. The summed E-state index contributed by atoms with van der Waals surface area (Å²) in [5, 5.41) is 4.16. The predicted molar refractivity (Wildman–Crippen MR) is 123 cm³/mol. The third-order valence-electron chi connectivity index (χ3n) is 6.42. The predicted octanol–water partition coefficient (Wildman–Crippen LogP) is 3.59. The standard InChI is InChI=1S/C25H36FN3O3/c1-25(2,3)20-16-28(9-5-10-31-4)22-12-17(21(26)13-19(20)22)15-29(18-6-7-18)24(30)23-14-27-8-11-32-23/h12-13,16,18,23,27H,5-11,14-15H2,1-4H3/t23-/m1/s1. The highest BCUT2D eigenvalue weighted by Gasteiger charge is 2.37. The van der Waals surface area contributed by atoms with E-state index in [-0.39, 0.29) is 29.7 Å². The van der Waals surface area contributed by atoms with Crippen molar-refractivity contribution in [3.05, 3.63) is 35.3 Å². The first kappa shape index (κ1) is 23.2. The molecular weight excluding hydrogens is 409 g/mol. The number of halogens is 1. The molecule has 4 rings (SSSR count). The van der Waals surface area contributed by atoms with Crippen molar-refractivity contribution < 1.29 is 18.7 Å². The minimum Gasteiger partial charge on any atom is -0.385 e. The number of nitrogens with zero attached hydrogens (tertiary/aromatic N) is 2. The molecule has 2 aromatic rings. The molecule has 6 nitrogen and oxygen atoms in total. The van der Waals surface area contributed by atoms with Gasteiger partial charge in [0.2, 0.25) is 0 Å². The number of nitrogens with one attached hydrogen (secondary N) is 1. The summed E-state index contributed by atoms with van der Waals surface area (Å²) >= 11 is 0. The van der Waals surface area contributed by atoms with Crippen LogP contribution < -0.4 is 5.32 Å². The van der Waals surface area contributed by atoms with E-state index in [1.807, 2.05) is 11.0 Å². The number of morpholine rings is 1. The molecular formula is C25H36FN3O3. The molecule has 1 aliphatic carbocycles. The van der Waals surface area contributed by atoms with Gasteiger partial charge in [0.05, 0.1) is 6.61 Å². The molecule has 1 saturated heterocycles. The number of aryl methyl sites for hydroxylation is 1. The fourth-order valence-electron chi connectivity index (χ4n) is 4.50. The average Bonchev–Trinajstić information content (AvgIpc) is 3.54. The second-order valence-corrected chi connectivity index (χ2v) is 10.1. The number of rotatable bonds is 8. The number of hydrogen-bond donors (Lipinski definition) is 1. The third-order valence-corrected chi connectivity index (χ3v) is 6.42. The summed E-state index contributed by atoms with van der Waals surface area (Å²) in [6.45, 7) is 10.0. The number of carbonyl (C=O) groups excluding carboxylic acids is 1. The maximum absolute atomic E-state index is 15.3. The molecule has 2 aliphatic rings. The largest absolute Gasteiger partial charge is 0.385 e. The Balaban J connectivity index is 1.66. The van der Waals surface area contributed by atoms with Crippen molar-refractivity contribution in [2.45, 2.75) is 70.7 Å². The van der Waals surface area contributed by atoms with Crippen LogP contribution in [0.2, 0.25) is 0 Å². The fraction of sp³-hybridized carbons (Fsp3) is 0.640. The van der Waals surface area contributed by atoms with Crippen molar-refractivity contribution >= 4 is 16.8 Å². The van der Waals surface area contributed by atoms with E-state index in [0.29, 0.717) is 25.3 Å². The van der Waals surface area contributed by atoms with Gasteiger partial charge in [-0.25, -0.2) is 4.39 Å². The van der Waals surface area contributed by atoms with Crippen LogP contribution in [0.3, 0.4) is 0 Å². The fourth-order valence-corrected chi connectivity index (χ4v) is 4.50. The number of aromatic nitrogens is 1. The van der Waals surface area contributed by atoms with E-state index in [1.165, 1.54) is 0 Å². The number of methoxy groups -OCH3 is 1. The van der Waals surface area contributed by atoms with Gasteiger partial charge in [0, 0.05) is 68.6 Å². The van der Waals surface area contributed by atoms with Crippen molar-refractivity contribution in [1.29, 1.82) is 0 Å². The molecule has 2 heterocycles. The molecule has 1 aromatic heterocycles. The second kappa shape index (κ2) is 9.49. The quantitative estimate of drug-likeness (QED) is 0.631. The Kier molecular flexibility index (Phi) is 6.89. The smallest absolute Gasteiger partial charge is 0.253 e. The zero-order valence-corrected chi connectivity index (χ0v) is 19.7. The lowest BCUT2D eigenvalue weighted by Gasteiger charge is -2.30. The van der Waals surface area contributed by atoms with Gasteiger partial charge < -0.3 is 24.3 Å². The molecule has 1 aliphatic heterocycles. The van der Waals surface area contributed by atoms with E-state index < -0.39 is 6.10 Å². The Morgan fingerprint density at radius 3 is 2.75 bits per heavy atom. The Morgan fingerprint density at radius 1 is 1.34 bits per heavy atom. The van der Waals surface area contributed by atoms with Crippen LogP contribution in [0.4, 0.5) is 4.39 Å². The number of amides is 1. The normalized spacial score (nSPS) is 19.5. The Hall–Kier alpha value is -1.96. The maximum atomic E-state index is 15.3. The van der Waals surface area contributed by atoms with E-state index in [4.69, 9.17) is 9.47 Å². The van der Waals surface area contributed by atoms with Crippen molar-refractivity contribution in [3.63, 3.8) is 0 Å². The van der Waals surface area contributed by atoms with Gasteiger partial charge >= 0.3 is 0 Å². The first-order valence-corrected chi connectivity index (χ1v) is 11.7. The summed E-state index contributed by atoms with van der Waals surface area (Å²) in [5.41, 5.74) is 2.61. The maximum Gasteiger partial charge on any atom is 0.253 e. The van der Waals surface area contributed by atoms with E-state index in [1.54, 1.807) is 13.2 Å². The molecule has 2 fully saturated rings. The van der Waals surface area contributed by atoms with Gasteiger partial charge in [-0.05, 0) is 42.4 Å². The van der Waals surface area contributed by atoms with Crippen LogP contribution in [0.1, 0.15) is 51.2 Å². The molecule has 0 radical (unpaired) electrons. The topological polar surface area (TPSA) is 55.7 Å². The van der Waals surface area contributed by atoms with E-state index in [0.717, 1.165) is 48.8 Å². The van der Waals surface area contributed by atoms with Crippen molar-refractivity contribution in [2.75, 3.05) is 33.4 Å². The van der Waals surface area contributed by atoms with Gasteiger partial charge in [-0.3, -0.25) is 4.79 Å². The lowest BCUT2D eigenvalue weighted by atomic mass is 9.86. The van der Waals surface area contributed by atoms with Gasteiger partial charge in [-0.15, -0.1) is 0 Å². The van der Waals surface area contributed by atoms with Gasteiger partial charge in [-0.2, -0.15) is 0 Å². The summed E-state index contributed by atoms with van der Waals surface area (Å²) < 4.78 is 28.5. The Bertz CT molecular complexity index is 955. The summed E-state index contributed by atoms with van der Waals surface area (Å²) in [7, 11) is 1.71. The molecule has 0 spiro atoms. The molecule has 0 unspecified atom stereocenters. The first-order chi connectivity index (χ1) is 15.3. The zero-order valence-electron chi connectivity index (χ0n) is 19.7. The van der Waals surface area contributed by atoms with E-state index in [2.05, 4.69) is 36.9 Å². The monoisotopic (exact) mass is 445 g/mol. The molecule has 0 bridgehead atoms. The highest BCUT2D eigenvalue weighted by Crippen LogP contribution is 2.35. The Labute approximate surface area is 190 Å². The number of benzene rings is 1. The molecule has 1 aromatic carbocycles. The molecule has 7 heteroatoms. The summed E-state index contributed by atoms with van der Waals surface area (Å²) in [6, 6.07) is 3.78. The molecule has 176 valence electrons. The molecule has 1 N–H and O–H groups in total. The summed E-state index contributed by atoms with van der Waals surface area (Å²) in [6.07, 6.45) is 4.49. The van der Waals surface area contributed by atoms with Crippen LogP contribution in [-0.2, 0) is 32.8 Å². The molecule has 1 amide bonds. The van der Waals surface area contributed by atoms with Crippen molar-refractivity contribution in [3.8, 4) is 0 Å². The SMILES string of the molecule is COCCCn1cc(C(C)(C)C)c2cc(F)c(CN(C(=O)[C@H]3CNCCO3)C3CC3)cc21. The minimum atomic E-state index is -0.485. The lowest BCUT2D eigenvalue weighted by molar-refractivity contribution is -0.146. The highest BCUT2D eigenvalue weighted by atomic mass is 19.1. The van der Waals surface area contributed by atoms with Gasteiger partial charge in [0.25, 0.3) is 5.91 Å². The minimum absolute atomic E-state index is 0.0370. The lowest BCUT2D eigenvalue weighted by Crippen LogP contribution is -2.49. The Morgan fingerprint density at radius 2 is 2.12 bits per heavy atom. The average molecular weight is 446 g/mol. The number of fused-ring (bicyclic) bond motifs is 1. The number of carbonyl (C=O) groups is 1. The first-order valence-electron chi connectivity index (χ1n) is 11.7. The highest BCUT2D eigenvalue weighted by molar-refractivity contribution is 5.86. The molecule has 32 heavy (non-hydrogen) atoms. The second-order valence-electron chi connectivity index (χ2n) is 10.1. The van der Waals surface area contributed by atoms with Crippen LogP contribution in [0.5, 0.6) is 0 Å². The number of hydrogen-bond acceptors (Lipinski definition) is 4. The summed E-state index contributed by atoms with van der Waals surface area (Å²) in [5.74, 6) is -0.288. The molecule has 1 atom stereocenters. The van der Waals surface area contributed by atoms with E-state index in [9.17, 15) is 4.79 Å². The van der Waals surface area contributed by atoms with Crippen LogP contribution in [0, 0.1) is 5.82 Å². The zero-order chi connectivity index (χ0) is 22.9. The van der Waals surface area contributed by atoms with Crippen LogP contribution in [0.15, 0.2) is 18.3 Å². The number of ether oxygens (including phenoxy) is 2. The van der Waals surface area contributed by atoms with Crippen molar-refractivity contribution in [2.24, 2.45) is 0 Å². The van der Waals surface area contributed by atoms with Crippen LogP contribution >= 0.6 is 0 Å². The van der Waals surface area contributed by atoms with Crippen LogP contribution in [0.25, 0.3) is 10.9 Å². The molecule has 1 saturated carbocycles. The van der Waals surface area contributed by atoms with Gasteiger partial charge in [-0.1, -0.05) is 20.8 Å².